The Bertz CT molecular complexity index is 429. The maximum absolute atomic E-state index is 12.0. The second kappa shape index (κ2) is 9.45. The van der Waals surface area contributed by atoms with E-state index in [0.717, 1.165) is 28.8 Å². The molecule has 0 saturated heterocycles. The van der Waals surface area contributed by atoms with Gasteiger partial charge in [0.05, 0.1) is 15.9 Å². The zero-order valence-corrected chi connectivity index (χ0v) is 14.0. The highest BCUT2D eigenvalue weighted by Crippen LogP contribution is 2.24. The summed E-state index contributed by atoms with van der Waals surface area (Å²) < 4.78 is 31.8. The van der Waals surface area contributed by atoms with Gasteiger partial charge in [0, 0.05) is 25.6 Å². The van der Waals surface area contributed by atoms with Crippen molar-refractivity contribution < 1.29 is 13.5 Å². The van der Waals surface area contributed by atoms with Gasteiger partial charge in [0.2, 0.25) is 0 Å². The molecule has 0 spiro atoms. The van der Waals surface area contributed by atoms with Crippen LogP contribution in [0.2, 0.25) is 0 Å². The molecule has 1 atom stereocenters. The van der Waals surface area contributed by atoms with Crippen LogP contribution < -0.4 is 11.3 Å². The standard InChI is InChI=1S/C13H23BrF2N4O/c1-3-10-13(14)11(20(4-2)19-10)7-9(18-17)5-6-21-8-12(15)16/h9,12,18H,3-8,17H2,1-2H3. The lowest BCUT2D eigenvalue weighted by atomic mass is 10.1. The van der Waals surface area contributed by atoms with Crippen LogP contribution >= 0.6 is 15.9 Å². The molecule has 0 amide bonds. The highest BCUT2D eigenvalue weighted by atomic mass is 79.9. The van der Waals surface area contributed by atoms with E-state index in [2.05, 4.69) is 26.5 Å². The van der Waals surface area contributed by atoms with E-state index in [1.54, 1.807) is 0 Å². The van der Waals surface area contributed by atoms with Crippen molar-refractivity contribution in [1.82, 2.24) is 15.2 Å². The summed E-state index contributed by atoms with van der Waals surface area (Å²) in [7, 11) is 0. The van der Waals surface area contributed by atoms with Crippen LogP contribution in [0.3, 0.4) is 0 Å². The molecule has 1 heterocycles. The lowest BCUT2D eigenvalue weighted by Gasteiger charge is -2.17. The van der Waals surface area contributed by atoms with Crippen LogP contribution in [0, 0.1) is 0 Å². The molecule has 8 heteroatoms. The predicted molar refractivity (Wildman–Crippen MR) is 81.2 cm³/mol. The number of nitrogens with zero attached hydrogens (tertiary/aromatic N) is 2. The third kappa shape index (κ3) is 5.61. The molecular formula is C13H23BrF2N4O. The Hall–Kier alpha value is -0.570. The first kappa shape index (κ1) is 18.5. The second-order valence-corrected chi connectivity index (χ2v) is 5.49. The maximum Gasteiger partial charge on any atom is 0.261 e. The summed E-state index contributed by atoms with van der Waals surface area (Å²) in [5.74, 6) is 5.54. The molecule has 0 aliphatic heterocycles. The second-order valence-electron chi connectivity index (χ2n) is 4.70. The number of nitrogens with one attached hydrogen (secondary N) is 1. The normalized spacial score (nSPS) is 13.1. The Morgan fingerprint density at radius 1 is 1.43 bits per heavy atom. The average molecular weight is 369 g/mol. The minimum Gasteiger partial charge on any atom is -0.375 e. The highest BCUT2D eigenvalue weighted by Gasteiger charge is 2.18. The Kier molecular flexibility index (Phi) is 8.31. The van der Waals surface area contributed by atoms with Crippen molar-refractivity contribution in [3.8, 4) is 0 Å². The molecule has 0 aromatic carbocycles. The third-order valence-corrected chi connectivity index (χ3v) is 4.14. The number of hydrogen-bond donors (Lipinski definition) is 2. The topological polar surface area (TPSA) is 65.1 Å². The van der Waals surface area contributed by atoms with Crippen LogP contribution in [0.15, 0.2) is 4.47 Å². The summed E-state index contributed by atoms with van der Waals surface area (Å²) in [6, 6.07) is -0.0503. The van der Waals surface area contributed by atoms with Gasteiger partial charge in [-0.25, -0.2) is 8.78 Å². The predicted octanol–water partition coefficient (Wildman–Crippen LogP) is 2.27. The molecule has 1 unspecified atom stereocenters. The Morgan fingerprint density at radius 2 is 2.14 bits per heavy atom. The van der Waals surface area contributed by atoms with E-state index in [1.165, 1.54) is 0 Å². The van der Waals surface area contributed by atoms with E-state index in [-0.39, 0.29) is 12.6 Å². The van der Waals surface area contributed by atoms with E-state index in [9.17, 15) is 8.78 Å². The molecule has 5 nitrogen and oxygen atoms in total. The average Bonchev–Trinajstić information content (AvgIpc) is 2.77. The fourth-order valence-electron chi connectivity index (χ4n) is 2.09. The highest BCUT2D eigenvalue weighted by molar-refractivity contribution is 9.10. The van der Waals surface area contributed by atoms with Crippen molar-refractivity contribution in [2.75, 3.05) is 13.2 Å². The van der Waals surface area contributed by atoms with Crippen LogP contribution in [0.1, 0.15) is 31.7 Å². The number of rotatable bonds is 10. The fourth-order valence-corrected chi connectivity index (χ4v) is 2.81. The van der Waals surface area contributed by atoms with Crippen LogP contribution in [0.5, 0.6) is 0 Å². The number of hydrogen-bond acceptors (Lipinski definition) is 4. The zero-order valence-electron chi connectivity index (χ0n) is 12.4. The molecule has 0 aliphatic carbocycles. The van der Waals surface area contributed by atoms with E-state index in [0.29, 0.717) is 12.8 Å². The van der Waals surface area contributed by atoms with Gasteiger partial charge in [0.25, 0.3) is 6.43 Å². The van der Waals surface area contributed by atoms with Crippen LogP contribution in [0.4, 0.5) is 8.78 Å². The van der Waals surface area contributed by atoms with Gasteiger partial charge in [0.1, 0.15) is 6.61 Å². The van der Waals surface area contributed by atoms with E-state index in [4.69, 9.17) is 10.6 Å². The SMILES string of the molecule is CCc1nn(CC)c(CC(CCOCC(F)F)NN)c1Br. The van der Waals surface area contributed by atoms with Crippen molar-refractivity contribution in [3.05, 3.63) is 15.9 Å². The third-order valence-electron chi connectivity index (χ3n) is 3.22. The number of ether oxygens (including phenoxy) is 1. The van der Waals surface area contributed by atoms with Crippen molar-refractivity contribution in [2.24, 2.45) is 5.84 Å². The van der Waals surface area contributed by atoms with Gasteiger partial charge < -0.3 is 4.74 Å². The van der Waals surface area contributed by atoms with Gasteiger partial charge in [0.15, 0.2) is 0 Å². The van der Waals surface area contributed by atoms with Gasteiger partial charge in [-0.3, -0.25) is 16.0 Å². The molecule has 21 heavy (non-hydrogen) atoms. The lowest BCUT2D eigenvalue weighted by molar-refractivity contribution is 0.0144. The summed E-state index contributed by atoms with van der Waals surface area (Å²) in [6.45, 7) is 4.56. The van der Waals surface area contributed by atoms with Crippen LogP contribution in [-0.2, 0) is 24.1 Å². The number of alkyl halides is 2. The first-order valence-electron chi connectivity index (χ1n) is 7.09. The molecule has 122 valence electrons. The van der Waals surface area contributed by atoms with Gasteiger partial charge >= 0.3 is 0 Å². The smallest absolute Gasteiger partial charge is 0.261 e. The lowest BCUT2D eigenvalue weighted by Crippen LogP contribution is -2.38. The minimum atomic E-state index is -2.43. The molecule has 1 aromatic heterocycles. The van der Waals surface area contributed by atoms with Gasteiger partial charge in [-0.15, -0.1) is 0 Å². The molecule has 0 aliphatic rings. The van der Waals surface area contributed by atoms with E-state index in [1.807, 2.05) is 18.5 Å². The Labute approximate surface area is 132 Å². The fraction of sp³-hybridized carbons (Fsp3) is 0.769. The number of aryl methyl sites for hydroxylation is 2. The van der Waals surface area contributed by atoms with Gasteiger partial charge in [-0.1, -0.05) is 6.92 Å². The van der Waals surface area contributed by atoms with E-state index >= 15 is 0 Å². The number of halogens is 3. The molecule has 0 fully saturated rings. The van der Waals surface area contributed by atoms with Crippen molar-refractivity contribution >= 4 is 15.9 Å². The summed E-state index contributed by atoms with van der Waals surface area (Å²) in [5, 5.41) is 4.52. The van der Waals surface area contributed by atoms with Crippen LogP contribution in [-0.4, -0.2) is 35.5 Å². The minimum absolute atomic E-state index is 0.0503. The van der Waals surface area contributed by atoms with Gasteiger partial charge in [-0.05, 0) is 35.7 Å². The Morgan fingerprint density at radius 3 is 2.67 bits per heavy atom. The zero-order chi connectivity index (χ0) is 15.8. The Balaban J connectivity index is 2.62. The molecule has 1 rings (SSSR count). The van der Waals surface area contributed by atoms with E-state index < -0.39 is 13.0 Å². The summed E-state index contributed by atoms with van der Waals surface area (Å²) >= 11 is 3.58. The number of aromatic nitrogens is 2. The summed E-state index contributed by atoms with van der Waals surface area (Å²) in [6.07, 6.45) is -0.363. The van der Waals surface area contributed by atoms with Crippen molar-refractivity contribution in [1.29, 1.82) is 0 Å². The first-order chi connectivity index (χ1) is 10.0. The molecule has 3 N–H and O–H groups in total. The largest absolute Gasteiger partial charge is 0.375 e. The molecular weight excluding hydrogens is 346 g/mol. The molecule has 1 aromatic rings. The molecule has 0 bridgehead atoms. The summed E-state index contributed by atoms with van der Waals surface area (Å²) in [4.78, 5) is 0. The number of nitrogens with two attached hydrogens (primary N) is 1. The van der Waals surface area contributed by atoms with Gasteiger partial charge in [-0.2, -0.15) is 5.10 Å². The molecule has 0 radical (unpaired) electrons. The first-order valence-corrected chi connectivity index (χ1v) is 7.88. The maximum atomic E-state index is 12.0. The molecule has 0 saturated carbocycles. The van der Waals surface area contributed by atoms with Crippen molar-refractivity contribution in [3.63, 3.8) is 0 Å². The number of hydrazine groups is 1. The van der Waals surface area contributed by atoms with Crippen LogP contribution in [0.25, 0.3) is 0 Å². The summed E-state index contributed by atoms with van der Waals surface area (Å²) in [5.41, 5.74) is 4.79. The quantitative estimate of drug-likeness (QED) is 0.377. The monoisotopic (exact) mass is 368 g/mol. The van der Waals surface area contributed by atoms with Crippen molar-refractivity contribution in [2.45, 2.75) is 52.1 Å².